The van der Waals surface area contributed by atoms with Gasteiger partial charge < -0.3 is 4.90 Å². The molecule has 31 heavy (non-hydrogen) atoms. The molecule has 2 heterocycles. The first kappa shape index (κ1) is 21.3. The van der Waals surface area contributed by atoms with Crippen molar-refractivity contribution in [3.8, 4) is 5.69 Å². The van der Waals surface area contributed by atoms with Crippen LogP contribution in [0.15, 0.2) is 69.9 Å². The minimum absolute atomic E-state index is 0.0194. The van der Waals surface area contributed by atoms with Crippen LogP contribution in [0.25, 0.3) is 15.9 Å². The normalized spacial score (nSPS) is 11.1. The van der Waals surface area contributed by atoms with Crippen LogP contribution in [0.3, 0.4) is 0 Å². The largest absolute Gasteiger partial charge is 0.312 e. The zero-order valence-electron chi connectivity index (χ0n) is 17.7. The molecule has 2 aromatic heterocycles. The lowest BCUT2D eigenvalue weighted by Gasteiger charge is -2.21. The zero-order valence-corrected chi connectivity index (χ0v) is 19.3. The Labute approximate surface area is 189 Å². The summed E-state index contributed by atoms with van der Waals surface area (Å²) in [7, 11) is 0. The van der Waals surface area contributed by atoms with Gasteiger partial charge in [-0.15, -0.1) is 11.3 Å². The number of aromatic nitrogens is 2. The Bertz CT molecular complexity index is 1310. The van der Waals surface area contributed by atoms with Gasteiger partial charge in [0.05, 0.1) is 17.0 Å². The summed E-state index contributed by atoms with van der Waals surface area (Å²) >= 11 is 2.69. The Balaban J connectivity index is 1.70. The van der Waals surface area contributed by atoms with Crippen LogP contribution in [0, 0.1) is 13.8 Å². The maximum atomic E-state index is 13.3. The Kier molecular flexibility index (Phi) is 6.25. The quantitative estimate of drug-likeness (QED) is 0.300. The van der Waals surface area contributed by atoms with Crippen LogP contribution in [0.5, 0.6) is 0 Å². The fourth-order valence-corrected chi connectivity index (χ4v) is 5.16. The SMILES string of the molecule is CCN(C(=O)CSc1nc2ccsc2c(=O)n1-c1ccccc1C)c1cccc(C)c1. The number of rotatable bonds is 6. The average molecular weight is 450 g/mol. The van der Waals surface area contributed by atoms with Crippen molar-refractivity contribution in [3.63, 3.8) is 0 Å². The highest BCUT2D eigenvalue weighted by molar-refractivity contribution is 7.99. The summed E-state index contributed by atoms with van der Waals surface area (Å²) in [6, 6.07) is 17.5. The van der Waals surface area contributed by atoms with E-state index in [1.165, 1.54) is 23.1 Å². The third-order valence-corrected chi connectivity index (χ3v) is 6.88. The van der Waals surface area contributed by atoms with Crippen LogP contribution in [0.2, 0.25) is 0 Å². The van der Waals surface area contributed by atoms with E-state index in [1.54, 1.807) is 9.47 Å². The molecule has 4 aromatic rings. The second kappa shape index (κ2) is 9.08. The summed E-state index contributed by atoms with van der Waals surface area (Å²) < 4.78 is 2.25. The van der Waals surface area contributed by atoms with Crippen molar-refractivity contribution in [1.29, 1.82) is 0 Å². The predicted octanol–water partition coefficient (Wildman–Crippen LogP) is 5.21. The second-order valence-electron chi connectivity index (χ2n) is 7.22. The molecule has 0 spiro atoms. The molecule has 158 valence electrons. The first-order valence-corrected chi connectivity index (χ1v) is 11.9. The molecule has 0 bridgehead atoms. The molecule has 2 aromatic carbocycles. The van der Waals surface area contributed by atoms with Gasteiger partial charge in [-0.05, 0) is 61.5 Å². The average Bonchev–Trinajstić information content (AvgIpc) is 3.23. The maximum Gasteiger partial charge on any atom is 0.276 e. The molecule has 5 nitrogen and oxygen atoms in total. The molecule has 7 heteroatoms. The highest BCUT2D eigenvalue weighted by atomic mass is 32.2. The molecular formula is C24H23N3O2S2. The van der Waals surface area contributed by atoms with Crippen LogP contribution in [0.1, 0.15) is 18.1 Å². The predicted molar refractivity (Wildman–Crippen MR) is 130 cm³/mol. The van der Waals surface area contributed by atoms with Crippen LogP contribution >= 0.6 is 23.1 Å². The number of aryl methyl sites for hydroxylation is 2. The Morgan fingerprint density at radius 3 is 2.68 bits per heavy atom. The number of para-hydroxylation sites is 1. The van der Waals surface area contributed by atoms with E-state index < -0.39 is 0 Å². The van der Waals surface area contributed by atoms with E-state index in [9.17, 15) is 9.59 Å². The number of thioether (sulfide) groups is 1. The van der Waals surface area contributed by atoms with Crippen molar-refractivity contribution in [2.24, 2.45) is 0 Å². The molecule has 0 N–H and O–H groups in total. The fourth-order valence-electron chi connectivity index (χ4n) is 3.52. The van der Waals surface area contributed by atoms with Gasteiger partial charge in [-0.25, -0.2) is 4.98 Å². The number of fused-ring (bicyclic) bond motifs is 1. The number of benzene rings is 2. The van der Waals surface area contributed by atoms with E-state index in [0.29, 0.717) is 21.9 Å². The third kappa shape index (κ3) is 4.29. The Morgan fingerprint density at radius 2 is 1.94 bits per heavy atom. The van der Waals surface area contributed by atoms with Crippen LogP contribution in [-0.2, 0) is 4.79 Å². The van der Waals surface area contributed by atoms with E-state index in [-0.39, 0.29) is 17.2 Å². The summed E-state index contributed by atoms with van der Waals surface area (Å²) in [4.78, 5) is 32.8. The van der Waals surface area contributed by atoms with Gasteiger partial charge in [0.2, 0.25) is 5.91 Å². The third-order valence-electron chi connectivity index (χ3n) is 5.06. The summed E-state index contributed by atoms with van der Waals surface area (Å²) in [6.45, 7) is 6.52. The van der Waals surface area contributed by atoms with E-state index >= 15 is 0 Å². The van der Waals surface area contributed by atoms with Gasteiger partial charge in [0.1, 0.15) is 4.70 Å². The van der Waals surface area contributed by atoms with Crippen LogP contribution in [0.4, 0.5) is 5.69 Å². The molecule has 0 aliphatic rings. The minimum Gasteiger partial charge on any atom is -0.312 e. The topological polar surface area (TPSA) is 55.2 Å². The number of anilines is 1. The van der Waals surface area contributed by atoms with E-state index in [4.69, 9.17) is 4.98 Å². The highest BCUT2D eigenvalue weighted by Gasteiger charge is 2.19. The smallest absolute Gasteiger partial charge is 0.276 e. The van der Waals surface area contributed by atoms with Crippen molar-refractivity contribution in [3.05, 3.63) is 81.5 Å². The number of amides is 1. The number of thiophene rings is 1. The van der Waals surface area contributed by atoms with Crippen molar-refractivity contribution in [1.82, 2.24) is 9.55 Å². The summed E-state index contributed by atoms with van der Waals surface area (Å²) in [5.74, 6) is 0.171. The van der Waals surface area contributed by atoms with Gasteiger partial charge in [0.15, 0.2) is 5.16 Å². The fraction of sp³-hybridized carbons (Fsp3) is 0.208. The maximum absolute atomic E-state index is 13.3. The van der Waals surface area contributed by atoms with Crippen LogP contribution in [-0.4, -0.2) is 27.8 Å². The number of carbonyl (C=O) groups excluding carboxylic acids is 1. The molecule has 4 rings (SSSR count). The van der Waals surface area contributed by atoms with Gasteiger partial charge in [-0.3, -0.25) is 14.2 Å². The Hall–Kier alpha value is -2.90. The number of nitrogens with zero attached hydrogens (tertiary/aromatic N) is 3. The molecular weight excluding hydrogens is 426 g/mol. The van der Waals surface area contributed by atoms with Crippen molar-refractivity contribution in [2.45, 2.75) is 25.9 Å². The lowest BCUT2D eigenvalue weighted by molar-refractivity contribution is -0.116. The number of hydrogen-bond acceptors (Lipinski definition) is 5. The lowest BCUT2D eigenvalue weighted by atomic mass is 10.2. The summed E-state index contributed by atoms with van der Waals surface area (Å²) in [5.41, 5.74) is 4.32. The standard InChI is InChI=1S/C24H23N3O2S2/c1-4-26(18-10-7-8-16(2)14-18)21(28)15-31-24-25-19-12-13-30-22(19)23(29)27(24)20-11-6-5-9-17(20)3/h5-14H,4,15H2,1-3H3. The van der Waals surface area contributed by atoms with Crippen molar-refractivity contribution < 1.29 is 4.79 Å². The van der Waals surface area contributed by atoms with Gasteiger partial charge in [0.25, 0.3) is 5.56 Å². The number of carbonyl (C=O) groups is 1. The summed E-state index contributed by atoms with van der Waals surface area (Å²) in [6.07, 6.45) is 0. The van der Waals surface area contributed by atoms with Crippen molar-refractivity contribution in [2.75, 3.05) is 17.2 Å². The molecule has 0 aliphatic heterocycles. The minimum atomic E-state index is -0.102. The van der Waals surface area contributed by atoms with Gasteiger partial charge in [0, 0.05) is 12.2 Å². The molecule has 0 saturated heterocycles. The van der Waals surface area contributed by atoms with E-state index in [2.05, 4.69) is 0 Å². The molecule has 0 saturated carbocycles. The number of hydrogen-bond donors (Lipinski definition) is 0. The summed E-state index contributed by atoms with van der Waals surface area (Å²) in [5, 5.41) is 2.40. The molecule has 0 radical (unpaired) electrons. The first-order valence-electron chi connectivity index (χ1n) is 10.1. The molecule has 0 fully saturated rings. The molecule has 1 amide bonds. The second-order valence-corrected chi connectivity index (χ2v) is 9.08. The Morgan fingerprint density at radius 1 is 1.13 bits per heavy atom. The first-order chi connectivity index (χ1) is 15.0. The zero-order chi connectivity index (χ0) is 22.0. The molecule has 0 unspecified atom stereocenters. The van der Waals surface area contributed by atoms with E-state index in [1.807, 2.05) is 80.7 Å². The lowest BCUT2D eigenvalue weighted by Crippen LogP contribution is -2.32. The highest BCUT2D eigenvalue weighted by Crippen LogP contribution is 2.26. The van der Waals surface area contributed by atoms with Gasteiger partial charge >= 0.3 is 0 Å². The van der Waals surface area contributed by atoms with E-state index in [0.717, 1.165) is 22.5 Å². The van der Waals surface area contributed by atoms with Gasteiger partial charge in [-0.2, -0.15) is 0 Å². The molecule has 0 atom stereocenters. The monoisotopic (exact) mass is 449 g/mol. The molecule has 0 aliphatic carbocycles. The van der Waals surface area contributed by atoms with Crippen molar-refractivity contribution >= 4 is 44.9 Å². The van der Waals surface area contributed by atoms with Crippen LogP contribution < -0.4 is 10.5 Å². The van der Waals surface area contributed by atoms with Gasteiger partial charge in [-0.1, -0.05) is 42.1 Å².